The van der Waals surface area contributed by atoms with E-state index < -0.39 is 29.3 Å². The number of aryl methyl sites for hydroxylation is 4. The van der Waals surface area contributed by atoms with E-state index in [2.05, 4.69) is 10.6 Å². The number of carbonyl (C=O) groups is 3. The van der Waals surface area contributed by atoms with Gasteiger partial charge in [-0.05, 0) is 91.5 Å². The van der Waals surface area contributed by atoms with Gasteiger partial charge in [-0.2, -0.15) is 0 Å². The smallest absolute Gasteiger partial charge is 0.408 e. The topological polar surface area (TPSA) is 87.7 Å². The van der Waals surface area contributed by atoms with Gasteiger partial charge in [-0.25, -0.2) is 4.79 Å². The van der Waals surface area contributed by atoms with E-state index in [0.717, 1.165) is 33.5 Å². The van der Waals surface area contributed by atoms with Crippen molar-refractivity contribution in [3.05, 3.63) is 100 Å². The van der Waals surface area contributed by atoms with Crippen molar-refractivity contribution in [2.75, 3.05) is 5.32 Å². The van der Waals surface area contributed by atoms with Gasteiger partial charge in [-0.1, -0.05) is 77.9 Å². The Labute approximate surface area is 257 Å². The third-order valence-corrected chi connectivity index (χ3v) is 7.03. The molecule has 2 N–H and O–H groups in total. The summed E-state index contributed by atoms with van der Waals surface area (Å²) in [6.45, 7) is 18.9. The molecule has 3 aromatic carbocycles. The maximum absolute atomic E-state index is 14.7. The highest BCUT2D eigenvalue weighted by molar-refractivity contribution is 6.00. The van der Waals surface area contributed by atoms with Crippen LogP contribution in [0.3, 0.4) is 0 Å². The molecule has 0 aliphatic carbocycles. The molecular weight excluding hydrogens is 538 g/mol. The van der Waals surface area contributed by atoms with Gasteiger partial charge in [0.2, 0.25) is 5.91 Å². The zero-order chi connectivity index (χ0) is 32.1. The van der Waals surface area contributed by atoms with Gasteiger partial charge >= 0.3 is 6.09 Å². The van der Waals surface area contributed by atoms with E-state index in [1.54, 1.807) is 25.7 Å². The van der Waals surface area contributed by atoms with Crippen LogP contribution in [0.5, 0.6) is 0 Å². The molecule has 3 amide bonds. The van der Waals surface area contributed by atoms with Crippen LogP contribution in [0.2, 0.25) is 0 Å². The van der Waals surface area contributed by atoms with Crippen molar-refractivity contribution >= 4 is 23.6 Å². The maximum atomic E-state index is 14.7. The van der Waals surface area contributed by atoms with Crippen molar-refractivity contribution in [2.24, 2.45) is 0 Å². The number of amides is 3. The molecule has 3 aromatic rings. The lowest BCUT2D eigenvalue weighted by molar-refractivity contribution is -0.146. The van der Waals surface area contributed by atoms with Crippen LogP contribution < -0.4 is 10.6 Å². The fourth-order valence-electron chi connectivity index (χ4n) is 5.30. The number of benzene rings is 3. The van der Waals surface area contributed by atoms with E-state index in [9.17, 15) is 14.4 Å². The average Bonchev–Trinajstić information content (AvgIpc) is 2.86. The summed E-state index contributed by atoms with van der Waals surface area (Å²) in [7, 11) is 0. The minimum absolute atomic E-state index is 0.226. The Bertz CT molecular complexity index is 1410. The van der Waals surface area contributed by atoms with Crippen LogP contribution in [-0.2, 0) is 20.7 Å². The Morgan fingerprint density at radius 2 is 1.35 bits per heavy atom. The highest BCUT2D eigenvalue weighted by Gasteiger charge is 2.42. The SMILES string of the molecule is Cc1cc(C)cc(C(C(=O)Nc2c(C)cccc2C)N(C(=O)C(Cc2ccccc2)NC(=O)OC(C)(C)C)C(C)(C)C)c1. The van der Waals surface area contributed by atoms with Crippen molar-refractivity contribution in [2.45, 2.75) is 98.9 Å². The lowest BCUT2D eigenvalue weighted by Crippen LogP contribution is -2.58. The monoisotopic (exact) mass is 585 g/mol. The summed E-state index contributed by atoms with van der Waals surface area (Å²) in [6.07, 6.45) is -0.470. The fourth-order valence-corrected chi connectivity index (χ4v) is 5.30. The third-order valence-electron chi connectivity index (χ3n) is 7.03. The number of rotatable bonds is 8. The van der Waals surface area contributed by atoms with Crippen LogP contribution in [0, 0.1) is 27.7 Å². The van der Waals surface area contributed by atoms with Crippen LogP contribution in [-0.4, -0.2) is 40.0 Å². The number of nitrogens with one attached hydrogen (secondary N) is 2. The number of alkyl carbamates (subject to hydrolysis) is 1. The summed E-state index contributed by atoms with van der Waals surface area (Å²) in [5.74, 6) is -0.718. The second-order valence-electron chi connectivity index (χ2n) is 13.3. The first-order chi connectivity index (χ1) is 20.0. The highest BCUT2D eigenvalue weighted by Crippen LogP contribution is 2.33. The van der Waals surface area contributed by atoms with Gasteiger partial charge in [0.25, 0.3) is 5.91 Å². The molecule has 0 radical (unpaired) electrons. The van der Waals surface area contributed by atoms with Crippen LogP contribution in [0.25, 0.3) is 0 Å². The number of hydrogen-bond acceptors (Lipinski definition) is 4. The normalized spacial score (nSPS) is 13.1. The Morgan fingerprint density at radius 3 is 1.86 bits per heavy atom. The minimum atomic E-state index is -0.988. The van der Waals surface area contributed by atoms with E-state index in [1.807, 2.05) is 115 Å². The summed E-state index contributed by atoms with van der Waals surface area (Å²) >= 11 is 0. The molecular formula is C36H47N3O4. The lowest BCUT2D eigenvalue weighted by Gasteiger charge is -2.43. The van der Waals surface area contributed by atoms with E-state index >= 15 is 0 Å². The summed E-state index contributed by atoms with van der Waals surface area (Å²) in [6, 6.07) is 19.3. The fraction of sp³-hybridized carbons (Fsp3) is 0.417. The summed E-state index contributed by atoms with van der Waals surface area (Å²) < 4.78 is 5.55. The van der Waals surface area contributed by atoms with Gasteiger partial charge in [-0.3, -0.25) is 9.59 Å². The summed E-state index contributed by atoms with van der Waals surface area (Å²) in [4.78, 5) is 43.8. The zero-order valence-corrected chi connectivity index (χ0v) is 27.3. The molecule has 2 unspecified atom stereocenters. The molecule has 0 fully saturated rings. The Balaban J connectivity index is 2.16. The highest BCUT2D eigenvalue weighted by atomic mass is 16.6. The summed E-state index contributed by atoms with van der Waals surface area (Å²) in [5, 5.41) is 5.97. The molecule has 0 bridgehead atoms. The number of para-hydroxylation sites is 1. The molecule has 0 heterocycles. The maximum Gasteiger partial charge on any atom is 0.408 e. The van der Waals surface area contributed by atoms with Gasteiger partial charge in [0, 0.05) is 17.6 Å². The van der Waals surface area contributed by atoms with Gasteiger partial charge in [0.05, 0.1) is 0 Å². The molecule has 0 aliphatic rings. The van der Waals surface area contributed by atoms with E-state index in [-0.39, 0.29) is 18.2 Å². The van der Waals surface area contributed by atoms with Gasteiger partial charge in [0.15, 0.2) is 0 Å². The van der Waals surface area contributed by atoms with Crippen molar-refractivity contribution in [3.63, 3.8) is 0 Å². The number of nitrogens with zero attached hydrogens (tertiary/aromatic N) is 1. The second kappa shape index (κ2) is 13.4. The molecule has 0 saturated heterocycles. The number of carbonyl (C=O) groups excluding carboxylic acids is 3. The molecule has 3 rings (SSSR count). The third kappa shape index (κ3) is 9.18. The zero-order valence-electron chi connectivity index (χ0n) is 27.3. The molecule has 0 spiro atoms. The lowest BCUT2D eigenvalue weighted by atomic mass is 9.92. The van der Waals surface area contributed by atoms with E-state index in [4.69, 9.17) is 4.74 Å². The summed E-state index contributed by atoms with van der Waals surface area (Å²) in [5.41, 5.74) is 4.54. The van der Waals surface area contributed by atoms with Gasteiger partial charge < -0.3 is 20.3 Å². The first-order valence-corrected chi connectivity index (χ1v) is 14.8. The molecule has 2 atom stereocenters. The van der Waals surface area contributed by atoms with E-state index in [1.165, 1.54) is 0 Å². The average molecular weight is 586 g/mol. The van der Waals surface area contributed by atoms with Crippen LogP contribution in [0.4, 0.5) is 10.5 Å². The predicted molar refractivity (Wildman–Crippen MR) is 173 cm³/mol. The van der Waals surface area contributed by atoms with Crippen LogP contribution in [0.15, 0.2) is 66.7 Å². The molecule has 230 valence electrons. The van der Waals surface area contributed by atoms with Crippen LogP contribution in [0.1, 0.15) is 81.0 Å². The quantitative estimate of drug-likeness (QED) is 0.289. The Kier molecular flexibility index (Phi) is 10.4. The Hall–Kier alpha value is -4.13. The number of anilines is 1. The van der Waals surface area contributed by atoms with Gasteiger partial charge in [0.1, 0.15) is 17.7 Å². The van der Waals surface area contributed by atoms with Crippen molar-refractivity contribution in [1.82, 2.24) is 10.2 Å². The Morgan fingerprint density at radius 1 is 0.791 bits per heavy atom. The molecule has 43 heavy (non-hydrogen) atoms. The minimum Gasteiger partial charge on any atom is -0.444 e. The largest absolute Gasteiger partial charge is 0.444 e. The molecule has 7 nitrogen and oxygen atoms in total. The predicted octanol–water partition coefficient (Wildman–Crippen LogP) is 7.36. The molecule has 0 aliphatic heterocycles. The standard InChI is InChI=1S/C36H47N3O4/c1-23-19-24(2)21-28(20-23)31(32(40)38-30-25(3)15-14-16-26(30)4)39(35(5,6)7)33(41)29(22-27-17-12-11-13-18-27)37-34(42)43-36(8,9)10/h11-21,29,31H,22H2,1-10H3,(H,37,42)(H,38,40). The van der Waals surface area contributed by atoms with Crippen LogP contribution >= 0.6 is 0 Å². The first-order valence-electron chi connectivity index (χ1n) is 14.8. The van der Waals surface area contributed by atoms with Crippen molar-refractivity contribution in [3.8, 4) is 0 Å². The van der Waals surface area contributed by atoms with Gasteiger partial charge in [-0.15, -0.1) is 0 Å². The number of hydrogen-bond donors (Lipinski definition) is 2. The van der Waals surface area contributed by atoms with Crippen molar-refractivity contribution in [1.29, 1.82) is 0 Å². The van der Waals surface area contributed by atoms with E-state index in [0.29, 0.717) is 5.56 Å². The number of ether oxygens (including phenoxy) is 1. The molecule has 7 heteroatoms. The molecule has 0 saturated carbocycles. The second-order valence-corrected chi connectivity index (χ2v) is 13.3. The van der Waals surface area contributed by atoms with Crippen molar-refractivity contribution < 1.29 is 19.1 Å². The molecule has 0 aromatic heterocycles. The first kappa shape index (κ1) is 33.4.